The Morgan fingerprint density at radius 1 is 1.24 bits per heavy atom. The zero-order valence-corrected chi connectivity index (χ0v) is 13.7. The molecule has 1 aromatic rings. The molecule has 0 radical (unpaired) electrons. The van der Waals surface area contributed by atoms with Crippen molar-refractivity contribution >= 4 is 31.9 Å². The molecule has 0 amide bonds. The van der Waals surface area contributed by atoms with Gasteiger partial charge < -0.3 is 5.11 Å². The first-order valence-electron chi connectivity index (χ1n) is 6.92. The number of rotatable bonds is 2. The van der Waals surface area contributed by atoms with Gasteiger partial charge in [-0.15, -0.1) is 0 Å². The SMILES string of the molecule is O=C(O)C1CCC(N2Cc3cc(Br)ccc3S2(=O)=O)CC1. The molecular weight excluding hydrogens is 358 g/mol. The lowest BCUT2D eigenvalue weighted by Gasteiger charge is -2.32. The van der Waals surface area contributed by atoms with Crippen LogP contribution in [0.15, 0.2) is 27.6 Å². The van der Waals surface area contributed by atoms with Gasteiger partial charge in [0.05, 0.1) is 10.8 Å². The fourth-order valence-corrected chi connectivity index (χ4v) is 5.51. The van der Waals surface area contributed by atoms with E-state index in [1.165, 1.54) is 0 Å². The topological polar surface area (TPSA) is 74.7 Å². The number of nitrogens with zero attached hydrogens (tertiary/aromatic N) is 1. The molecule has 5 nitrogen and oxygen atoms in total. The van der Waals surface area contributed by atoms with Gasteiger partial charge in [-0.3, -0.25) is 4.79 Å². The molecule has 1 aliphatic carbocycles. The van der Waals surface area contributed by atoms with E-state index in [-0.39, 0.29) is 12.0 Å². The molecule has 3 rings (SSSR count). The van der Waals surface area contributed by atoms with Crippen molar-refractivity contribution in [3.05, 3.63) is 28.2 Å². The molecule has 0 spiro atoms. The lowest BCUT2D eigenvalue weighted by molar-refractivity contribution is -0.143. The number of aliphatic carboxylic acids is 1. The molecule has 1 saturated carbocycles. The van der Waals surface area contributed by atoms with Crippen molar-refractivity contribution in [2.75, 3.05) is 0 Å². The molecule has 7 heteroatoms. The zero-order chi connectivity index (χ0) is 15.2. The number of hydrogen-bond acceptors (Lipinski definition) is 3. The first-order chi connectivity index (χ1) is 9.89. The van der Waals surface area contributed by atoms with Crippen LogP contribution >= 0.6 is 15.9 Å². The van der Waals surface area contributed by atoms with Crippen molar-refractivity contribution < 1.29 is 18.3 Å². The number of carbonyl (C=O) groups is 1. The number of hydrogen-bond donors (Lipinski definition) is 1. The fraction of sp³-hybridized carbons (Fsp3) is 0.500. The number of fused-ring (bicyclic) bond motifs is 1. The number of carboxylic acid groups (broad SMARTS) is 1. The Kier molecular flexibility index (Phi) is 3.83. The van der Waals surface area contributed by atoms with E-state index in [4.69, 9.17) is 5.11 Å². The molecule has 0 saturated heterocycles. The smallest absolute Gasteiger partial charge is 0.306 e. The standard InChI is InChI=1S/C14H16BrNO4S/c15-11-3-6-13-10(7-11)8-16(21(13,19)20)12-4-1-9(2-5-12)14(17)18/h3,6-7,9,12H,1-2,4-5,8H2,(H,17,18). The summed E-state index contributed by atoms with van der Waals surface area (Å²) in [7, 11) is -3.44. The fourth-order valence-electron chi connectivity index (χ4n) is 3.24. The van der Waals surface area contributed by atoms with Crippen molar-refractivity contribution in [3.63, 3.8) is 0 Å². The van der Waals surface area contributed by atoms with Crippen molar-refractivity contribution in [1.29, 1.82) is 0 Å². The molecule has 21 heavy (non-hydrogen) atoms. The van der Waals surface area contributed by atoms with Gasteiger partial charge >= 0.3 is 5.97 Å². The summed E-state index contributed by atoms with van der Waals surface area (Å²) < 4.78 is 27.6. The molecule has 1 N–H and O–H groups in total. The van der Waals surface area contributed by atoms with Crippen LogP contribution in [0.2, 0.25) is 0 Å². The van der Waals surface area contributed by atoms with Crippen molar-refractivity contribution in [3.8, 4) is 0 Å². The number of carboxylic acids is 1. The first-order valence-corrected chi connectivity index (χ1v) is 9.16. The molecule has 0 atom stereocenters. The normalized spacial score (nSPS) is 28.2. The second kappa shape index (κ2) is 5.37. The van der Waals surface area contributed by atoms with Crippen molar-refractivity contribution in [2.24, 2.45) is 5.92 Å². The van der Waals surface area contributed by atoms with E-state index in [0.29, 0.717) is 37.1 Å². The molecule has 1 aliphatic heterocycles. The van der Waals surface area contributed by atoms with E-state index in [2.05, 4.69) is 15.9 Å². The first kappa shape index (κ1) is 15.0. The highest BCUT2D eigenvalue weighted by Crippen LogP contribution is 2.38. The van der Waals surface area contributed by atoms with E-state index in [1.54, 1.807) is 16.4 Å². The van der Waals surface area contributed by atoms with Crippen LogP contribution in [0.4, 0.5) is 0 Å². The Balaban J connectivity index is 1.82. The average molecular weight is 374 g/mol. The highest BCUT2D eigenvalue weighted by Gasteiger charge is 2.41. The minimum Gasteiger partial charge on any atom is -0.481 e. The summed E-state index contributed by atoms with van der Waals surface area (Å²) in [6, 6.07) is 5.13. The highest BCUT2D eigenvalue weighted by molar-refractivity contribution is 9.10. The van der Waals surface area contributed by atoms with Gasteiger partial charge in [-0.05, 0) is 49.4 Å². The van der Waals surface area contributed by atoms with Gasteiger partial charge in [0.1, 0.15) is 0 Å². The monoisotopic (exact) mass is 373 g/mol. The lowest BCUT2D eigenvalue weighted by Crippen LogP contribution is -2.39. The van der Waals surface area contributed by atoms with Gasteiger partial charge in [-0.25, -0.2) is 8.42 Å². The van der Waals surface area contributed by atoms with Crippen LogP contribution in [-0.4, -0.2) is 29.8 Å². The number of sulfonamides is 1. The summed E-state index contributed by atoms with van der Waals surface area (Å²) in [5.41, 5.74) is 0.810. The Bertz CT molecular complexity index is 680. The van der Waals surface area contributed by atoms with Crippen LogP contribution in [0.5, 0.6) is 0 Å². The van der Waals surface area contributed by atoms with E-state index < -0.39 is 16.0 Å². The highest BCUT2D eigenvalue weighted by atomic mass is 79.9. The predicted octanol–water partition coefficient (Wildman–Crippen LogP) is 2.60. The molecule has 0 aromatic heterocycles. The summed E-state index contributed by atoms with van der Waals surface area (Å²) >= 11 is 3.36. The van der Waals surface area contributed by atoms with Crippen LogP contribution in [-0.2, 0) is 21.4 Å². The van der Waals surface area contributed by atoms with Gasteiger partial charge in [-0.2, -0.15) is 4.31 Å². The summed E-state index contributed by atoms with van der Waals surface area (Å²) in [6.45, 7) is 0.388. The third-order valence-electron chi connectivity index (χ3n) is 4.39. The van der Waals surface area contributed by atoms with Gasteiger partial charge in [0.15, 0.2) is 0 Å². The van der Waals surface area contributed by atoms with Gasteiger partial charge in [0.2, 0.25) is 10.0 Å². The predicted molar refractivity (Wildman–Crippen MR) is 80.3 cm³/mol. The number of halogens is 1. The third kappa shape index (κ3) is 2.62. The summed E-state index contributed by atoms with van der Waals surface area (Å²) in [5, 5.41) is 9.03. The second-order valence-electron chi connectivity index (χ2n) is 5.65. The third-order valence-corrected chi connectivity index (χ3v) is 6.88. The molecule has 1 aromatic carbocycles. The Morgan fingerprint density at radius 2 is 1.90 bits per heavy atom. The summed E-state index contributed by atoms with van der Waals surface area (Å²) in [5.74, 6) is -1.10. The number of benzene rings is 1. The lowest BCUT2D eigenvalue weighted by atomic mass is 9.86. The van der Waals surface area contributed by atoms with E-state index in [0.717, 1.165) is 10.0 Å². The summed E-state index contributed by atoms with van der Waals surface area (Å²) in [6.07, 6.45) is 2.33. The maximum atomic E-state index is 12.6. The Labute approximate surface area is 132 Å². The van der Waals surface area contributed by atoms with Gasteiger partial charge in [-0.1, -0.05) is 15.9 Å². The Hall–Kier alpha value is -0.920. The van der Waals surface area contributed by atoms with Crippen LogP contribution in [0, 0.1) is 5.92 Å². The molecule has 0 bridgehead atoms. The maximum Gasteiger partial charge on any atom is 0.306 e. The van der Waals surface area contributed by atoms with Gasteiger partial charge in [0, 0.05) is 17.1 Å². The van der Waals surface area contributed by atoms with Crippen LogP contribution < -0.4 is 0 Å². The van der Waals surface area contributed by atoms with Crippen LogP contribution in [0.25, 0.3) is 0 Å². The van der Waals surface area contributed by atoms with Crippen LogP contribution in [0.3, 0.4) is 0 Å². The maximum absolute atomic E-state index is 12.6. The average Bonchev–Trinajstić information content (AvgIpc) is 2.70. The summed E-state index contributed by atoms with van der Waals surface area (Å²) in [4.78, 5) is 11.4. The minimum atomic E-state index is -3.44. The van der Waals surface area contributed by atoms with E-state index in [9.17, 15) is 13.2 Å². The molecular formula is C14H16BrNO4S. The van der Waals surface area contributed by atoms with Gasteiger partial charge in [0.25, 0.3) is 0 Å². The largest absolute Gasteiger partial charge is 0.481 e. The Morgan fingerprint density at radius 3 is 2.52 bits per heavy atom. The molecule has 2 aliphatic rings. The molecule has 114 valence electrons. The molecule has 0 unspecified atom stereocenters. The van der Waals surface area contributed by atoms with Crippen LogP contribution in [0.1, 0.15) is 31.2 Å². The minimum absolute atomic E-state index is 0.0863. The second-order valence-corrected chi connectivity index (χ2v) is 8.42. The molecule has 1 heterocycles. The van der Waals surface area contributed by atoms with Crippen molar-refractivity contribution in [1.82, 2.24) is 4.31 Å². The van der Waals surface area contributed by atoms with Crippen molar-refractivity contribution in [2.45, 2.75) is 43.2 Å². The van der Waals surface area contributed by atoms with E-state index >= 15 is 0 Å². The van der Waals surface area contributed by atoms with E-state index in [1.807, 2.05) is 6.07 Å². The molecule has 1 fully saturated rings. The quantitative estimate of drug-likeness (QED) is 0.864. The zero-order valence-electron chi connectivity index (χ0n) is 11.3.